The standard InChI is InChI=1S/C4H9Cl.2C4H11Si.Sn/c1-2-3-4-5;2*1-5(2,3)4;/h2-4H2,1H3;2*1H2,2-4H3;. The van der Waals surface area contributed by atoms with E-state index in [9.17, 15) is 0 Å². The molecule has 0 saturated heterocycles. The van der Waals surface area contributed by atoms with Crippen molar-refractivity contribution in [2.45, 2.75) is 67.2 Å². The average molecular weight is 386 g/mol. The molecular formula is C12H31ClSi2Sn. The molecule has 0 nitrogen and oxygen atoms in total. The van der Waals surface area contributed by atoms with Crippen LogP contribution < -0.4 is 0 Å². The summed E-state index contributed by atoms with van der Waals surface area (Å²) in [6.07, 6.45) is 2.37. The molecule has 16 heavy (non-hydrogen) atoms. The van der Waals surface area contributed by atoms with Crippen LogP contribution in [0.4, 0.5) is 0 Å². The van der Waals surface area contributed by atoms with Gasteiger partial charge in [0.25, 0.3) is 0 Å². The van der Waals surface area contributed by atoms with E-state index >= 15 is 0 Å². The van der Waals surface area contributed by atoms with Crippen LogP contribution >= 0.6 is 11.6 Å². The summed E-state index contributed by atoms with van der Waals surface area (Å²) in [6.45, 7) is 17.2. The van der Waals surface area contributed by atoms with Crippen molar-refractivity contribution < 1.29 is 0 Å². The number of alkyl halides is 1. The van der Waals surface area contributed by atoms with Gasteiger partial charge < -0.3 is 0 Å². The fraction of sp³-hybridized carbons (Fsp3) is 1.00. The van der Waals surface area contributed by atoms with Gasteiger partial charge in [0.15, 0.2) is 0 Å². The van der Waals surface area contributed by atoms with Crippen molar-refractivity contribution in [3.05, 3.63) is 0 Å². The number of hydrogen-bond acceptors (Lipinski definition) is 0. The molecule has 0 N–H and O–H groups in total. The fourth-order valence-corrected chi connectivity index (χ4v) is 19.3. The molecule has 0 amide bonds. The Morgan fingerprint density at radius 2 is 1.25 bits per heavy atom. The maximum atomic E-state index is 5.30. The summed E-state index contributed by atoms with van der Waals surface area (Å²) in [5.41, 5.74) is 0. The van der Waals surface area contributed by atoms with E-state index in [1.807, 2.05) is 0 Å². The molecule has 2 radical (unpaired) electrons. The minimum absolute atomic E-state index is 0.0654. The Kier molecular flexibility index (Phi) is 13.0. The first-order chi connectivity index (χ1) is 7.12. The second kappa shape index (κ2) is 10.4. The van der Waals surface area contributed by atoms with E-state index in [4.69, 9.17) is 11.6 Å². The third-order valence-electron chi connectivity index (χ3n) is 1.80. The second-order valence-corrected chi connectivity index (χ2v) is 25.6. The van der Waals surface area contributed by atoms with Gasteiger partial charge in [-0.2, -0.15) is 0 Å². The van der Waals surface area contributed by atoms with Gasteiger partial charge in [-0.25, -0.2) is 0 Å². The van der Waals surface area contributed by atoms with Gasteiger partial charge in [0.2, 0.25) is 0 Å². The predicted molar refractivity (Wildman–Crippen MR) is 87.7 cm³/mol. The van der Waals surface area contributed by atoms with Gasteiger partial charge in [0, 0.05) is 5.88 Å². The summed E-state index contributed by atoms with van der Waals surface area (Å²) in [4.78, 5) is 0. The van der Waals surface area contributed by atoms with Crippen molar-refractivity contribution in [2.24, 2.45) is 0 Å². The van der Waals surface area contributed by atoms with Crippen molar-refractivity contribution in [3.8, 4) is 0 Å². The normalized spacial score (nSPS) is 12.0. The van der Waals surface area contributed by atoms with Crippen molar-refractivity contribution in [1.82, 2.24) is 0 Å². The van der Waals surface area contributed by atoms with E-state index in [2.05, 4.69) is 46.2 Å². The molecule has 0 rings (SSSR count). The first kappa shape index (κ1) is 19.9. The third-order valence-corrected chi connectivity index (χ3v) is 27.1. The van der Waals surface area contributed by atoms with Crippen LogP contribution in [0, 0.1) is 0 Å². The van der Waals surface area contributed by atoms with Crippen molar-refractivity contribution in [1.29, 1.82) is 0 Å². The molecule has 0 saturated carbocycles. The number of halogens is 1. The number of hydrogen-bond donors (Lipinski definition) is 0. The molecule has 0 fully saturated rings. The molecule has 0 aliphatic rings. The molecule has 0 spiro atoms. The van der Waals surface area contributed by atoms with Gasteiger partial charge >= 0.3 is 84.7 Å². The Balaban J connectivity index is 0. The summed E-state index contributed by atoms with van der Waals surface area (Å²) < 4.78 is 3.39. The summed E-state index contributed by atoms with van der Waals surface area (Å²) in [6, 6.07) is 0. The molecule has 0 aliphatic heterocycles. The summed E-state index contributed by atoms with van der Waals surface area (Å²) in [7, 11) is -1.32. The SMILES string of the molecule is CCCCCl.C[Si](C)(C)[CH2][Sn][CH2][Si](C)(C)C. The second-order valence-electron chi connectivity index (χ2n) is 6.77. The van der Waals surface area contributed by atoms with Crippen LogP contribution in [-0.4, -0.2) is 43.2 Å². The molecule has 98 valence electrons. The monoisotopic (exact) mass is 386 g/mol. The van der Waals surface area contributed by atoms with Gasteiger partial charge in [-0.15, -0.1) is 11.6 Å². The molecule has 0 aromatic carbocycles. The average Bonchev–Trinajstić information content (AvgIpc) is 2.01. The van der Waals surface area contributed by atoms with Gasteiger partial charge in [-0.3, -0.25) is 0 Å². The Labute approximate surface area is 121 Å². The summed E-state index contributed by atoms with van der Waals surface area (Å²) in [5, 5.41) is 0. The zero-order valence-electron chi connectivity index (χ0n) is 12.4. The minimum atomic E-state index is -0.659. The Morgan fingerprint density at radius 3 is 1.38 bits per heavy atom. The number of rotatable bonds is 6. The van der Waals surface area contributed by atoms with E-state index in [1.54, 1.807) is 8.12 Å². The van der Waals surface area contributed by atoms with E-state index < -0.39 is 16.1 Å². The quantitative estimate of drug-likeness (QED) is 0.429. The predicted octanol–water partition coefficient (Wildman–Crippen LogP) is 5.31. The van der Waals surface area contributed by atoms with Crippen LogP contribution in [0.25, 0.3) is 0 Å². The molecular weight excluding hydrogens is 354 g/mol. The molecule has 0 heterocycles. The van der Waals surface area contributed by atoms with E-state index in [0.717, 1.165) is 12.3 Å². The fourth-order valence-electron chi connectivity index (χ4n) is 0.946. The van der Waals surface area contributed by atoms with Crippen LogP contribution in [0.15, 0.2) is 0 Å². The Bertz CT molecular complexity index is 134. The maximum absolute atomic E-state index is 5.30. The van der Waals surface area contributed by atoms with Crippen LogP contribution in [0.1, 0.15) is 19.8 Å². The van der Waals surface area contributed by atoms with Gasteiger partial charge in [-0.05, 0) is 6.42 Å². The van der Waals surface area contributed by atoms with Crippen molar-refractivity contribution in [2.75, 3.05) is 5.88 Å². The van der Waals surface area contributed by atoms with Gasteiger partial charge in [-0.1, -0.05) is 13.3 Å². The molecule has 0 aromatic rings. The Morgan fingerprint density at radius 1 is 0.875 bits per heavy atom. The summed E-state index contributed by atoms with van der Waals surface area (Å²) in [5.74, 6) is 0.816. The molecule has 0 unspecified atom stereocenters. The van der Waals surface area contributed by atoms with E-state index in [1.165, 1.54) is 6.42 Å². The molecule has 4 heteroatoms. The topological polar surface area (TPSA) is 0 Å². The summed E-state index contributed by atoms with van der Waals surface area (Å²) >= 11 is 5.37. The van der Waals surface area contributed by atoms with Crippen LogP contribution in [0.3, 0.4) is 0 Å². The van der Waals surface area contributed by atoms with Gasteiger partial charge in [0.1, 0.15) is 0 Å². The molecule has 0 atom stereocenters. The third kappa shape index (κ3) is 24.7. The molecule has 0 bridgehead atoms. The molecule has 0 aliphatic carbocycles. The number of unbranched alkanes of at least 4 members (excludes halogenated alkanes) is 1. The Hall–Kier alpha value is 1.52. The van der Waals surface area contributed by atoms with Crippen LogP contribution in [0.5, 0.6) is 0 Å². The zero-order chi connectivity index (χ0) is 13.2. The first-order valence-electron chi connectivity index (χ1n) is 6.39. The zero-order valence-corrected chi connectivity index (χ0v) is 18.0. The van der Waals surface area contributed by atoms with Crippen molar-refractivity contribution in [3.63, 3.8) is 0 Å². The first-order valence-corrected chi connectivity index (χ1v) is 18.4. The van der Waals surface area contributed by atoms with Gasteiger partial charge in [0.05, 0.1) is 0 Å². The van der Waals surface area contributed by atoms with Crippen LogP contribution in [-0.2, 0) is 0 Å². The van der Waals surface area contributed by atoms with Crippen molar-refractivity contribution >= 4 is 48.9 Å². The van der Waals surface area contributed by atoms with E-state index in [-0.39, 0.29) is 21.1 Å². The molecule has 0 aromatic heterocycles. The van der Waals surface area contributed by atoms with E-state index in [0.29, 0.717) is 0 Å². The van der Waals surface area contributed by atoms with Crippen LogP contribution in [0.2, 0.25) is 47.4 Å².